The van der Waals surface area contributed by atoms with Gasteiger partial charge in [0.1, 0.15) is 11.6 Å². The topological polar surface area (TPSA) is 55.0 Å². The Morgan fingerprint density at radius 1 is 1.19 bits per heavy atom. The molecule has 1 fully saturated rings. The summed E-state index contributed by atoms with van der Waals surface area (Å²) >= 11 is 0. The molecule has 1 aliphatic rings. The van der Waals surface area contributed by atoms with E-state index in [4.69, 9.17) is 5.73 Å². The smallest absolute Gasteiger partial charge is 0.147 e. The van der Waals surface area contributed by atoms with E-state index in [0.29, 0.717) is 11.2 Å². The van der Waals surface area contributed by atoms with Gasteiger partial charge in [0.15, 0.2) is 0 Å². The van der Waals surface area contributed by atoms with Crippen molar-refractivity contribution in [2.45, 2.75) is 33.1 Å². The summed E-state index contributed by atoms with van der Waals surface area (Å²) in [4.78, 5) is 10.7. The quantitative estimate of drug-likeness (QED) is 0.787. The van der Waals surface area contributed by atoms with Gasteiger partial charge in [0, 0.05) is 13.1 Å². The molecule has 1 aromatic heterocycles. The first-order valence-corrected chi connectivity index (χ1v) is 5.89. The number of aromatic nitrogens is 2. The predicted octanol–water partition coefficient (Wildman–Crippen LogP) is 2.08. The van der Waals surface area contributed by atoms with Crippen LogP contribution in [-0.4, -0.2) is 23.1 Å². The van der Waals surface area contributed by atoms with Crippen molar-refractivity contribution >= 4 is 11.6 Å². The number of hydrogen-bond acceptors (Lipinski definition) is 4. The second kappa shape index (κ2) is 4.28. The molecule has 2 N–H and O–H groups in total. The SMILES string of the molecule is CC1(C)CCCN(c2cnc(N)cn2)CC1. The monoisotopic (exact) mass is 220 g/mol. The highest BCUT2D eigenvalue weighted by Gasteiger charge is 2.23. The van der Waals surface area contributed by atoms with Crippen LogP contribution in [0.2, 0.25) is 0 Å². The van der Waals surface area contributed by atoms with Crippen molar-refractivity contribution in [1.82, 2.24) is 9.97 Å². The van der Waals surface area contributed by atoms with E-state index in [1.165, 1.54) is 19.3 Å². The zero-order valence-corrected chi connectivity index (χ0v) is 10.1. The Morgan fingerprint density at radius 2 is 2.00 bits per heavy atom. The molecule has 2 rings (SSSR count). The Labute approximate surface area is 96.9 Å². The maximum Gasteiger partial charge on any atom is 0.147 e. The van der Waals surface area contributed by atoms with Gasteiger partial charge >= 0.3 is 0 Å². The number of anilines is 2. The molecule has 0 amide bonds. The van der Waals surface area contributed by atoms with Crippen molar-refractivity contribution in [3.05, 3.63) is 12.4 Å². The van der Waals surface area contributed by atoms with Gasteiger partial charge in [-0.05, 0) is 24.7 Å². The third kappa shape index (κ3) is 2.62. The summed E-state index contributed by atoms with van der Waals surface area (Å²) < 4.78 is 0. The fourth-order valence-electron chi connectivity index (χ4n) is 2.15. The standard InChI is InChI=1S/C12H20N4/c1-12(2)4-3-6-16(7-5-12)11-9-14-10(13)8-15-11/h8-9H,3-7H2,1-2H3,(H2,13,14). The summed E-state index contributed by atoms with van der Waals surface area (Å²) in [6.45, 7) is 6.81. The zero-order valence-electron chi connectivity index (χ0n) is 10.1. The van der Waals surface area contributed by atoms with Gasteiger partial charge in [-0.1, -0.05) is 13.8 Å². The van der Waals surface area contributed by atoms with Crippen LogP contribution in [0, 0.1) is 5.41 Å². The first-order valence-electron chi connectivity index (χ1n) is 5.89. The van der Waals surface area contributed by atoms with Crippen molar-refractivity contribution < 1.29 is 0 Å². The van der Waals surface area contributed by atoms with E-state index in [1.807, 2.05) is 0 Å². The van der Waals surface area contributed by atoms with Gasteiger partial charge in [0.25, 0.3) is 0 Å². The lowest BCUT2D eigenvalue weighted by Crippen LogP contribution is -2.26. The molecule has 0 atom stereocenters. The summed E-state index contributed by atoms with van der Waals surface area (Å²) in [5.41, 5.74) is 5.99. The Kier molecular flexibility index (Phi) is 2.99. The van der Waals surface area contributed by atoms with Gasteiger partial charge in [-0.25, -0.2) is 9.97 Å². The highest BCUT2D eigenvalue weighted by atomic mass is 15.2. The van der Waals surface area contributed by atoms with E-state index < -0.39 is 0 Å². The number of hydrogen-bond donors (Lipinski definition) is 1. The van der Waals surface area contributed by atoms with Crippen LogP contribution < -0.4 is 10.6 Å². The van der Waals surface area contributed by atoms with Crippen molar-refractivity contribution in [3.63, 3.8) is 0 Å². The van der Waals surface area contributed by atoms with Gasteiger partial charge in [-0.15, -0.1) is 0 Å². The maximum absolute atomic E-state index is 5.54. The summed E-state index contributed by atoms with van der Waals surface area (Å²) in [6.07, 6.45) is 7.11. The summed E-state index contributed by atoms with van der Waals surface area (Å²) in [6, 6.07) is 0. The highest BCUT2D eigenvalue weighted by Crippen LogP contribution is 2.30. The molecule has 88 valence electrons. The molecule has 0 aliphatic carbocycles. The number of nitrogens with zero attached hydrogens (tertiary/aromatic N) is 3. The minimum Gasteiger partial charge on any atom is -0.382 e. The molecular weight excluding hydrogens is 200 g/mol. The fraction of sp³-hybridized carbons (Fsp3) is 0.667. The molecule has 0 spiro atoms. The Balaban J connectivity index is 2.08. The van der Waals surface area contributed by atoms with Crippen LogP contribution in [0.1, 0.15) is 33.1 Å². The van der Waals surface area contributed by atoms with Crippen LogP contribution in [0.4, 0.5) is 11.6 Å². The lowest BCUT2D eigenvalue weighted by molar-refractivity contribution is 0.325. The maximum atomic E-state index is 5.54. The molecule has 2 heterocycles. The molecular formula is C12H20N4. The zero-order chi connectivity index (χ0) is 11.6. The number of nitrogen functional groups attached to an aromatic ring is 1. The molecule has 16 heavy (non-hydrogen) atoms. The van der Waals surface area contributed by atoms with Gasteiger partial charge in [-0.3, -0.25) is 0 Å². The summed E-state index contributed by atoms with van der Waals surface area (Å²) in [5.74, 6) is 1.44. The molecule has 0 aromatic carbocycles. The second-order valence-corrected chi connectivity index (χ2v) is 5.30. The Hall–Kier alpha value is -1.32. The molecule has 4 nitrogen and oxygen atoms in total. The number of rotatable bonds is 1. The van der Waals surface area contributed by atoms with Crippen LogP contribution in [-0.2, 0) is 0 Å². The van der Waals surface area contributed by atoms with Crippen molar-refractivity contribution in [2.24, 2.45) is 5.41 Å². The predicted molar refractivity (Wildman–Crippen MR) is 66.3 cm³/mol. The van der Waals surface area contributed by atoms with E-state index in [9.17, 15) is 0 Å². The highest BCUT2D eigenvalue weighted by molar-refractivity contribution is 5.39. The minimum atomic E-state index is 0.454. The fourth-order valence-corrected chi connectivity index (χ4v) is 2.15. The molecule has 1 aromatic rings. The summed E-state index contributed by atoms with van der Waals surface area (Å²) in [7, 11) is 0. The summed E-state index contributed by atoms with van der Waals surface area (Å²) in [5, 5.41) is 0. The third-order valence-electron chi connectivity index (χ3n) is 3.32. The molecule has 0 radical (unpaired) electrons. The van der Waals surface area contributed by atoms with Crippen molar-refractivity contribution in [3.8, 4) is 0 Å². The Bertz CT molecular complexity index is 345. The molecule has 1 aliphatic heterocycles. The van der Waals surface area contributed by atoms with Crippen molar-refractivity contribution in [2.75, 3.05) is 23.7 Å². The van der Waals surface area contributed by atoms with Gasteiger partial charge in [0.05, 0.1) is 12.4 Å². The van der Waals surface area contributed by atoms with Gasteiger partial charge in [-0.2, -0.15) is 0 Å². The first kappa shape index (κ1) is 11.2. The second-order valence-electron chi connectivity index (χ2n) is 5.30. The largest absolute Gasteiger partial charge is 0.382 e. The number of nitrogens with two attached hydrogens (primary N) is 1. The van der Waals surface area contributed by atoms with Gasteiger partial charge < -0.3 is 10.6 Å². The Morgan fingerprint density at radius 3 is 2.69 bits per heavy atom. The van der Waals surface area contributed by atoms with Gasteiger partial charge in [0.2, 0.25) is 0 Å². The van der Waals surface area contributed by atoms with Crippen LogP contribution >= 0.6 is 0 Å². The molecule has 0 bridgehead atoms. The first-order chi connectivity index (χ1) is 7.57. The van der Waals surface area contributed by atoms with Crippen LogP contribution in [0.25, 0.3) is 0 Å². The van der Waals surface area contributed by atoms with E-state index in [0.717, 1.165) is 18.9 Å². The van der Waals surface area contributed by atoms with E-state index >= 15 is 0 Å². The molecule has 1 saturated heterocycles. The van der Waals surface area contributed by atoms with Crippen molar-refractivity contribution in [1.29, 1.82) is 0 Å². The molecule has 0 unspecified atom stereocenters. The van der Waals surface area contributed by atoms with Crippen LogP contribution in [0.15, 0.2) is 12.4 Å². The van der Waals surface area contributed by atoms with Crippen LogP contribution in [0.3, 0.4) is 0 Å². The third-order valence-corrected chi connectivity index (χ3v) is 3.32. The molecule has 0 saturated carbocycles. The van der Waals surface area contributed by atoms with Crippen LogP contribution in [0.5, 0.6) is 0 Å². The van der Waals surface area contributed by atoms with E-state index in [1.54, 1.807) is 12.4 Å². The average molecular weight is 220 g/mol. The van der Waals surface area contributed by atoms with E-state index in [-0.39, 0.29) is 0 Å². The lowest BCUT2D eigenvalue weighted by Gasteiger charge is -2.23. The average Bonchev–Trinajstić information content (AvgIpc) is 2.41. The normalized spacial score (nSPS) is 20.5. The van der Waals surface area contributed by atoms with E-state index in [2.05, 4.69) is 28.7 Å². The molecule has 4 heteroatoms. The lowest BCUT2D eigenvalue weighted by atomic mass is 9.85. The minimum absolute atomic E-state index is 0.454.